The Hall–Kier alpha value is -3.75. The average Bonchev–Trinajstić information content (AvgIpc) is 2.64. The number of nitrogens with one attached hydrogen (secondary N) is 2. The summed E-state index contributed by atoms with van der Waals surface area (Å²) in [5.41, 5.74) is 0.874. The Bertz CT molecular complexity index is 836. The molecule has 0 aromatic heterocycles. The number of rotatable bonds is 6. The first-order chi connectivity index (χ1) is 12.9. The summed E-state index contributed by atoms with van der Waals surface area (Å²) in [5, 5.41) is 20.0. The number of hydrogen-bond donors (Lipinski definition) is 2. The molecule has 2 rings (SSSR count). The number of carbonyl (C=O) groups is 2. The number of nitrogens with zero attached hydrogens (tertiary/aromatic N) is 1. The minimum atomic E-state index is -1.32. The SMILES string of the molecule is CC(=N)NC(=O)OC(C(=O)OCc1ccc([N+](=O)[O-])cc1)c1ccccc1. The molecule has 9 heteroatoms. The Kier molecular flexibility index (Phi) is 6.59. The van der Waals surface area contributed by atoms with Crippen molar-refractivity contribution in [3.63, 3.8) is 0 Å². The van der Waals surface area contributed by atoms with E-state index in [0.717, 1.165) is 0 Å². The Morgan fingerprint density at radius 2 is 1.78 bits per heavy atom. The zero-order chi connectivity index (χ0) is 19.8. The lowest BCUT2D eigenvalue weighted by molar-refractivity contribution is -0.384. The van der Waals surface area contributed by atoms with Crippen LogP contribution in [0.3, 0.4) is 0 Å². The van der Waals surface area contributed by atoms with E-state index in [4.69, 9.17) is 14.9 Å². The van der Waals surface area contributed by atoms with Gasteiger partial charge in [-0.1, -0.05) is 30.3 Å². The number of ether oxygens (including phenoxy) is 2. The molecule has 140 valence electrons. The molecule has 0 saturated carbocycles. The van der Waals surface area contributed by atoms with Gasteiger partial charge in [-0.05, 0) is 24.6 Å². The molecule has 1 atom stereocenters. The highest BCUT2D eigenvalue weighted by atomic mass is 16.6. The third-order valence-electron chi connectivity index (χ3n) is 3.36. The van der Waals surface area contributed by atoms with Crippen LogP contribution >= 0.6 is 0 Å². The van der Waals surface area contributed by atoms with Crippen LogP contribution in [-0.4, -0.2) is 22.8 Å². The van der Waals surface area contributed by atoms with Crippen LogP contribution in [0.15, 0.2) is 54.6 Å². The van der Waals surface area contributed by atoms with E-state index in [2.05, 4.69) is 5.32 Å². The molecule has 2 aromatic carbocycles. The van der Waals surface area contributed by atoms with Gasteiger partial charge in [-0.2, -0.15) is 0 Å². The summed E-state index contributed by atoms with van der Waals surface area (Å²) in [7, 11) is 0. The highest BCUT2D eigenvalue weighted by molar-refractivity contribution is 5.93. The molecule has 0 aliphatic heterocycles. The number of nitro benzene ring substituents is 1. The molecule has 1 amide bonds. The summed E-state index contributed by atoms with van der Waals surface area (Å²) < 4.78 is 10.3. The van der Waals surface area contributed by atoms with Crippen molar-refractivity contribution >= 4 is 23.6 Å². The van der Waals surface area contributed by atoms with Crippen LogP contribution < -0.4 is 5.32 Å². The van der Waals surface area contributed by atoms with Crippen molar-refractivity contribution in [1.29, 1.82) is 5.41 Å². The van der Waals surface area contributed by atoms with Crippen LogP contribution in [0.25, 0.3) is 0 Å². The Labute approximate surface area is 154 Å². The zero-order valence-corrected chi connectivity index (χ0v) is 14.4. The Morgan fingerprint density at radius 3 is 2.33 bits per heavy atom. The average molecular weight is 371 g/mol. The fourth-order valence-electron chi connectivity index (χ4n) is 2.11. The van der Waals surface area contributed by atoms with Gasteiger partial charge < -0.3 is 9.47 Å². The summed E-state index contributed by atoms with van der Waals surface area (Å²) >= 11 is 0. The van der Waals surface area contributed by atoms with Gasteiger partial charge in [0.2, 0.25) is 6.10 Å². The second kappa shape index (κ2) is 9.09. The van der Waals surface area contributed by atoms with Gasteiger partial charge in [0.25, 0.3) is 5.69 Å². The molecule has 0 fully saturated rings. The standard InChI is InChI=1S/C18H17N3O6/c1-12(19)20-18(23)27-16(14-5-3-2-4-6-14)17(22)26-11-13-7-9-15(10-8-13)21(24)25/h2-10,16H,11H2,1H3,(H2,19,20,23). The summed E-state index contributed by atoms with van der Waals surface area (Å²) in [6.07, 6.45) is -2.27. The van der Waals surface area contributed by atoms with Crippen molar-refractivity contribution in [2.75, 3.05) is 0 Å². The van der Waals surface area contributed by atoms with Crippen LogP contribution in [0, 0.1) is 15.5 Å². The van der Waals surface area contributed by atoms with Crippen molar-refractivity contribution in [2.24, 2.45) is 0 Å². The van der Waals surface area contributed by atoms with Crippen molar-refractivity contribution in [2.45, 2.75) is 19.6 Å². The predicted molar refractivity (Wildman–Crippen MR) is 95.1 cm³/mol. The lowest BCUT2D eigenvalue weighted by Gasteiger charge is -2.17. The maximum Gasteiger partial charge on any atom is 0.413 e. The monoisotopic (exact) mass is 371 g/mol. The highest BCUT2D eigenvalue weighted by Crippen LogP contribution is 2.20. The van der Waals surface area contributed by atoms with E-state index in [1.165, 1.54) is 31.2 Å². The lowest BCUT2D eigenvalue weighted by atomic mass is 10.1. The largest absolute Gasteiger partial charge is 0.458 e. The van der Waals surface area contributed by atoms with Gasteiger partial charge in [0.05, 0.1) is 10.8 Å². The van der Waals surface area contributed by atoms with Crippen LogP contribution in [0.5, 0.6) is 0 Å². The van der Waals surface area contributed by atoms with Gasteiger partial charge in [-0.25, -0.2) is 9.59 Å². The molecule has 1 unspecified atom stereocenters. The van der Waals surface area contributed by atoms with Gasteiger partial charge >= 0.3 is 12.1 Å². The molecule has 0 bridgehead atoms. The van der Waals surface area contributed by atoms with E-state index in [1.54, 1.807) is 30.3 Å². The van der Waals surface area contributed by atoms with Crippen molar-refractivity contribution in [3.05, 3.63) is 75.8 Å². The molecule has 0 radical (unpaired) electrons. The summed E-state index contributed by atoms with van der Waals surface area (Å²) in [5.74, 6) is -0.941. The van der Waals surface area contributed by atoms with Crippen LogP contribution in [-0.2, 0) is 20.9 Å². The summed E-state index contributed by atoms with van der Waals surface area (Å²) in [6, 6.07) is 13.8. The van der Waals surface area contributed by atoms with Crippen LogP contribution in [0.2, 0.25) is 0 Å². The number of hydrogen-bond acceptors (Lipinski definition) is 7. The summed E-state index contributed by atoms with van der Waals surface area (Å²) in [4.78, 5) is 34.3. The fourth-order valence-corrected chi connectivity index (χ4v) is 2.11. The quantitative estimate of drug-likeness (QED) is 0.264. The van der Waals surface area contributed by atoms with Crippen molar-refractivity contribution < 1.29 is 24.0 Å². The molecule has 27 heavy (non-hydrogen) atoms. The third-order valence-corrected chi connectivity index (χ3v) is 3.36. The van der Waals surface area contributed by atoms with E-state index in [9.17, 15) is 19.7 Å². The Balaban J connectivity index is 2.07. The van der Waals surface area contributed by atoms with Gasteiger partial charge in [0.15, 0.2) is 0 Å². The number of esters is 1. The first-order valence-electron chi connectivity index (χ1n) is 7.84. The second-order valence-corrected chi connectivity index (χ2v) is 5.48. The smallest absolute Gasteiger partial charge is 0.413 e. The predicted octanol–water partition coefficient (Wildman–Crippen LogP) is 3.10. The molecule has 2 aromatic rings. The van der Waals surface area contributed by atoms with Crippen LogP contribution in [0.1, 0.15) is 24.2 Å². The molecule has 0 saturated heterocycles. The minimum absolute atomic E-state index is 0.0748. The maximum absolute atomic E-state index is 12.4. The maximum atomic E-state index is 12.4. The first kappa shape index (κ1) is 19.6. The normalized spacial score (nSPS) is 11.1. The molecule has 0 heterocycles. The molecule has 0 aliphatic rings. The highest BCUT2D eigenvalue weighted by Gasteiger charge is 2.26. The third kappa shape index (κ3) is 5.92. The van der Waals surface area contributed by atoms with Crippen LogP contribution in [0.4, 0.5) is 10.5 Å². The van der Waals surface area contributed by atoms with E-state index in [0.29, 0.717) is 11.1 Å². The zero-order valence-electron chi connectivity index (χ0n) is 14.4. The minimum Gasteiger partial charge on any atom is -0.458 e. The number of alkyl carbamates (subject to hydrolysis) is 1. The van der Waals surface area contributed by atoms with Gasteiger partial charge in [-0.15, -0.1) is 0 Å². The van der Waals surface area contributed by atoms with E-state index < -0.39 is 23.1 Å². The first-order valence-corrected chi connectivity index (χ1v) is 7.84. The second-order valence-electron chi connectivity index (χ2n) is 5.48. The molecule has 0 aliphatic carbocycles. The van der Waals surface area contributed by atoms with E-state index in [-0.39, 0.29) is 18.1 Å². The molecular formula is C18H17N3O6. The number of amides is 1. The number of non-ortho nitro benzene ring substituents is 1. The number of nitro groups is 1. The fraction of sp³-hybridized carbons (Fsp3) is 0.167. The molecule has 9 nitrogen and oxygen atoms in total. The van der Waals surface area contributed by atoms with Crippen molar-refractivity contribution in [3.8, 4) is 0 Å². The van der Waals surface area contributed by atoms with Gasteiger partial charge in [0.1, 0.15) is 6.61 Å². The number of benzene rings is 2. The van der Waals surface area contributed by atoms with Gasteiger partial charge in [-0.3, -0.25) is 20.8 Å². The molecular weight excluding hydrogens is 354 g/mol. The summed E-state index contributed by atoms with van der Waals surface area (Å²) in [6.45, 7) is 1.21. The van der Waals surface area contributed by atoms with E-state index >= 15 is 0 Å². The molecule has 0 spiro atoms. The number of amidine groups is 1. The number of carbonyl (C=O) groups excluding carboxylic acids is 2. The van der Waals surface area contributed by atoms with Gasteiger partial charge in [0, 0.05) is 17.7 Å². The topological polar surface area (TPSA) is 132 Å². The van der Waals surface area contributed by atoms with Crippen molar-refractivity contribution in [1.82, 2.24) is 5.32 Å². The lowest BCUT2D eigenvalue weighted by Crippen LogP contribution is -2.32. The van der Waals surface area contributed by atoms with E-state index in [1.807, 2.05) is 0 Å². The Morgan fingerprint density at radius 1 is 1.15 bits per heavy atom. The molecule has 2 N–H and O–H groups in total.